The Labute approximate surface area is 142 Å². The molecule has 2 aromatic rings. The number of halogens is 2. The second-order valence-electron chi connectivity index (χ2n) is 5.03. The van der Waals surface area contributed by atoms with Crippen molar-refractivity contribution in [3.8, 4) is 0 Å². The van der Waals surface area contributed by atoms with E-state index in [-0.39, 0.29) is 16.0 Å². The molecule has 0 spiro atoms. The summed E-state index contributed by atoms with van der Waals surface area (Å²) in [5.74, 6) is -1.61. The molecule has 1 N–H and O–H groups in total. The predicted molar refractivity (Wildman–Crippen MR) is 89.1 cm³/mol. The summed E-state index contributed by atoms with van der Waals surface area (Å²) in [6.45, 7) is 0. The van der Waals surface area contributed by atoms with E-state index in [2.05, 4.69) is 0 Å². The molecule has 7 heteroatoms. The highest BCUT2D eigenvalue weighted by Gasteiger charge is 2.48. The number of hydrogen-bond acceptors (Lipinski definition) is 4. The van der Waals surface area contributed by atoms with Crippen molar-refractivity contribution in [2.45, 2.75) is 5.25 Å². The third-order valence-corrected chi connectivity index (χ3v) is 6.17. The molecule has 118 valence electrons. The lowest BCUT2D eigenvalue weighted by atomic mass is 10.1. The van der Waals surface area contributed by atoms with Gasteiger partial charge < -0.3 is 5.11 Å². The number of aliphatic hydroxyl groups is 1. The van der Waals surface area contributed by atoms with Gasteiger partial charge in [0, 0.05) is 10.0 Å². The summed E-state index contributed by atoms with van der Waals surface area (Å²) in [6.07, 6.45) is 0. The summed E-state index contributed by atoms with van der Waals surface area (Å²) in [5, 5.41) is 9.47. The van der Waals surface area contributed by atoms with E-state index in [4.69, 9.17) is 23.2 Å². The van der Waals surface area contributed by atoms with E-state index in [0.29, 0.717) is 10.0 Å². The van der Waals surface area contributed by atoms with Crippen LogP contribution in [0.4, 0.5) is 0 Å². The van der Waals surface area contributed by atoms with Crippen molar-refractivity contribution in [1.82, 2.24) is 0 Å². The zero-order valence-corrected chi connectivity index (χ0v) is 13.9. The Morgan fingerprint density at radius 1 is 0.870 bits per heavy atom. The third kappa shape index (κ3) is 2.65. The maximum Gasteiger partial charge on any atom is 0.221 e. The molecule has 0 amide bonds. The molecule has 3 rings (SSSR count). The van der Waals surface area contributed by atoms with Crippen LogP contribution in [-0.2, 0) is 14.6 Å². The molecule has 23 heavy (non-hydrogen) atoms. The van der Waals surface area contributed by atoms with Crippen molar-refractivity contribution in [2.24, 2.45) is 0 Å². The number of hydrogen-bond donors (Lipinski definition) is 1. The molecule has 0 saturated heterocycles. The van der Waals surface area contributed by atoms with E-state index in [1.807, 2.05) is 0 Å². The fourth-order valence-electron chi connectivity index (χ4n) is 2.50. The Kier molecular flexibility index (Phi) is 3.96. The minimum absolute atomic E-state index is 0.219. The van der Waals surface area contributed by atoms with E-state index >= 15 is 0 Å². The first-order valence-corrected chi connectivity index (χ1v) is 8.85. The highest BCUT2D eigenvalue weighted by Crippen LogP contribution is 2.43. The van der Waals surface area contributed by atoms with Gasteiger partial charge in [0.05, 0.1) is 0 Å². The summed E-state index contributed by atoms with van der Waals surface area (Å²) < 4.78 is 25.6. The maximum absolute atomic E-state index is 12.8. The summed E-state index contributed by atoms with van der Waals surface area (Å²) in [5.41, 5.74) is 0.478. The van der Waals surface area contributed by atoms with Gasteiger partial charge in [0.25, 0.3) is 0 Å². The Bertz CT molecular complexity index is 914. The van der Waals surface area contributed by atoms with Gasteiger partial charge in [0.1, 0.15) is 4.91 Å². The van der Waals surface area contributed by atoms with Crippen LogP contribution in [0.1, 0.15) is 16.4 Å². The van der Waals surface area contributed by atoms with Crippen LogP contribution >= 0.6 is 23.2 Å². The van der Waals surface area contributed by atoms with Gasteiger partial charge >= 0.3 is 0 Å². The van der Waals surface area contributed by atoms with E-state index < -0.39 is 26.6 Å². The molecule has 0 saturated carbocycles. The van der Waals surface area contributed by atoms with E-state index in [0.717, 1.165) is 0 Å². The highest BCUT2D eigenvalue weighted by molar-refractivity contribution is 8.02. The quantitative estimate of drug-likeness (QED) is 0.870. The molecule has 1 heterocycles. The molecule has 1 aliphatic rings. The van der Waals surface area contributed by atoms with Gasteiger partial charge in [-0.05, 0) is 35.4 Å². The molecule has 1 aliphatic heterocycles. The van der Waals surface area contributed by atoms with Crippen LogP contribution in [0.5, 0.6) is 0 Å². The van der Waals surface area contributed by atoms with Crippen LogP contribution in [0.25, 0.3) is 4.91 Å². The van der Waals surface area contributed by atoms with Gasteiger partial charge in [0.2, 0.25) is 5.78 Å². The van der Waals surface area contributed by atoms with Gasteiger partial charge in [-0.3, -0.25) is 4.79 Å². The van der Waals surface area contributed by atoms with Crippen LogP contribution in [0.3, 0.4) is 0 Å². The largest absolute Gasteiger partial charge is 0.503 e. The van der Waals surface area contributed by atoms with Crippen molar-refractivity contribution >= 4 is 43.7 Å². The van der Waals surface area contributed by atoms with Crippen molar-refractivity contribution in [1.29, 1.82) is 0 Å². The molecular weight excluding hydrogens is 359 g/mol. The summed E-state index contributed by atoms with van der Waals surface area (Å²) in [6, 6.07) is 11.8. The lowest BCUT2D eigenvalue weighted by Gasteiger charge is -2.10. The SMILES string of the molecule is O=C1C(O)=C(c2ccc(Cl)cc2)S(=O)(=O)C1c1ccc(Cl)cc1. The molecule has 0 aliphatic carbocycles. The minimum Gasteiger partial charge on any atom is -0.503 e. The van der Waals surface area contributed by atoms with Gasteiger partial charge in [-0.2, -0.15) is 0 Å². The normalized spacial score (nSPS) is 20.1. The Morgan fingerprint density at radius 3 is 1.87 bits per heavy atom. The van der Waals surface area contributed by atoms with Gasteiger partial charge in [0.15, 0.2) is 20.8 Å². The second-order valence-corrected chi connectivity index (χ2v) is 7.87. The Balaban J connectivity index is 2.14. The number of sulfone groups is 1. The summed E-state index contributed by atoms with van der Waals surface area (Å²) >= 11 is 11.6. The Morgan fingerprint density at radius 2 is 1.35 bits per heavy atom. The van der Waals surface area contributed by atoms with Crippen LogP contribution in [0.15, 0.2) is 54.3 Å². The Hall–Kier alpha value is -1.82. The zero-order valence-electron chi connectivity index (χ0n) is 11.5. The molecule has 0 radical (unpaired) electrons. The molecule has 0 bridgehead atoms. The number of Topliss-reactive ketones (excluding diaryl/α,β-unsaturated/α-hetero) is 1. The minimum atomic E-state index is -4.06. The molecule has 1 atom stereocenters. The topological polar surface area (TPSA) is 71.4 Å². The number of aliphatic hydroxyl groups excluding tert-OH is 1. The smallest absolute Gasteiger partial charge is 0.221 e. The van der Waals surface area contributed by atoms with Crippen LogP contribution in [-0.4, -0.2) is 19.3 Å². The van der Waals surface area contributed by atoms with Crippen molar-refractivity contribution < 1.29 is 18.3 Å². The average Bonchev–Trinajstić information content (AvgIpc) is 2.68. The summed E-state index contributed by atoms with van der Waals surface area (Å²) in [4.78, 5) is 11.9. The fourth-order valence-corrected chi connectivity index (χ4v) is 4.73. The van der Waals surface area contributed by atoms with Gasteiger partial charge in [-0.1, -0.05) is 47.5 Å². The number of benzene rings is 2. The first-order valence-electron chi connectivity index (χ1n) is 6.55. The van der Waals surface area contributed by atoms with E-state index in [1.54, 1.807) is 0 Å². The van der Waals surface area contributed by atoms with Crippen LogP contribution < -0.4 is 0 Å². The van der Waals surface area contributed by atoms with Gasteiger partial charge in [-0.25, -0.2) is 8.42 Å². The molecule has 0 aromatic heterocycles. The van der Waals surface area contributed by atoms with Crippen molar-refractivity contribution in [2.75, 3.05) is 0 Å². The molecule has 1 unspecified atom stereocenters. The van der Waals surface area contributed by atoms with E-state index in [9.17, 15) is 18.3 Å². The van der Waals surface area contributed by atoms with Crippen LogP contribution in [0, 0.1) is 0 Å². The molecule has 4 nitrogen and oxygen atoms in total. The standard InChI is InChI=1S/C16H10Cl2O4S/c17-11-5-1-9(2-6-11)15-13(19)14(20)16(23(15,21)22)10-3-7-12(18)8-4-10/h1-8,15,20H. The summed E-state index contributed by atoms with van der Waals surface area (Å²) in [7, 11) is -4.06. The van der Waals surface area contributed by atoms with Crippen molar-refractivity contribution in [3.63, 3.8) is 0 Å². The predicted octanol–water partition coefficient (Wildman–Crippen LogP) is 3.96. The average molecular weight is 369 g/mol. The van der Waals surface area contributed by atoms with Crippen LogP contribution in [0.2, 0.25) is 10.0 Å². The number of rotatable bonds is 2. The third-order valence-electron chi connectivity index (χ3n) is 3.56. The monoisotopic (exact) mass is 368 g/mol. The first kappa shape index (κ1) is 16.1. The molecule has 2 aromatic carbocycles. The fraction of sp³-hybridized carbons (Fsp3) is 0.0625. The lowest BCUT2D eigenvalue weighted by Crippen LogP contribution is -2.15. The van der Waals surface area contributed by atoms with Gasteiger partial charge in [-0.15, -0.1) is 0 Å². The zero-order chi connectivity index (χ0) is 16.8. The van der Waals surface area contributed by atoms with E-state index in [1.165, 1.54) is 48.5 Å². The second kappa shape index (κ2) is 5.67. The maximum atomic E-state index is 12.8. The molecule has 0 fully saturated rings. The lowest BCUT2D eigenvalue weighted by molar-refractivity contribution is -0.117. The first-order chi connectivity index (χ1) is 10.8. The number of ketones is 1. The van der Waals surface area contributed by atoms with Crippen molar-refractivity contribution in [3.05, 3.63) is 75.5 Å². The number of allylic oxidation sites excluding steroid dienone is 1. The number of carbonyl (C=O) groups excluding carboxylic acids is 1. The highest BCUT2D eigenvalue weighted by atomic mass is 35.5. The number of carbonyl (C=O) groups is 1. The molecular formula is C16H10Cl2O4S.